The van der Waals surface area contributed by atoms with Crippen molar-refractivity contribution < 1.29 is 4.39 Å². The van der Waals surface area contributed by atoms with Crippen LogP contribution in [0.2, 0.25) is 0 Å². The average molecular weight is 248 g/mol. The SMILES string of the molecule is CC(C)NCc1ncn(Cc2cccc(F)c2)n1. The molecule has 0 saturated carbocycles. The largest absolute Gasteiger partial charge is 0.308 e. The minimum atomic E-state index is -0.227. The van der Waals surface area contributed by atoms with E-state index in [1.54, 1.807) is 17.1 Å². The van der Waals surface area contributed by atoms with Gasteiger partial charge in [0.05, 0.1) is 13.1 Å². The number of nitrogens with one attached hydrogen (secondary N) is 1. The van der Waals surface area contributed by atoms with Gasteiger partial charge in [-0.1, -0.05) is 26.0 Å². The summed E-state index contributed by atoms with van der Waals surface area (Å²) >= 11 is 0. The van der Waals surface area contributed by atoms with Gasteiger partial charge >= 0.3 is 0 Å². The molecule has 18 heavy (non-hydrogen) atoms. The van der Waals surface area contributed by atoms with Crippen LogP contribution in [0.25, 0.3) is 0 Å². The summed E-state index contributed by atoms with van der Waals surface area (Å²) in [6, 6.07) is 6.91. The molecule has 0 unspecified atom stereocenters. The van der Waals surface area contributed by atoms with Crippen molar-refractivity contribution in [3.05, 3.63) is 47.8 Å². The lowest BCUT2D eigenvalue weighted by Crippen LogP contribution is -2.22. The van der Waals surface area contributed by atoms with E-state index in [9.17, 15) is 4.39 Å². The molecular weight excluding hydrogens is 231 g/mol. The Bertz CT molecular complexity index is 507. The fourth-order valence-electron chi connectivity index (χ4n) is 1.61. The van der Waals surface area contributed by atoms with Crippen LogP contribution in [0.3, 0.4) is 0 Å². The molecule has 1 aromatic carbocycles. The first-order chi connectivity index (χ1) is 8.63. The molecule has 1 N–H and O–H groups in total. The highest BCUT2D eigenvalue weighted by molar-refractivity contribution is 5.16. The van der Waals surface area contributed by atoms with Gasteiger partial charge in [0.1, 0.15) is 12.1 Å². The van der Waals surface area contributed by atoms with Crippen molar-refractivity contribution in [1.82, 2.24) is 20.1 Å². The van der Waals surface area contributed by atoms with E-state index in [1.165, 1.54) is 12.1 Å². The van der Waals surface area contributed by atoms with E-state index in [4.69, 9.17) is 0 Å². The number of nitrogens with zero attached hydrogens (tertiary/aromatic N) is 3. The van der Waals surface area contributed by atoms with E-state index in [0.717, 1.165) is 11.4 Å². The molecule has 0 atom stereocenters. The maximum absolute atomic E-state index is 13.0. The van der Waals surface area contributed by atoms with Crippen LogP contribution in [0, 0.1) is 5.82 Å². The van der Waals surface area contributed by atoms with Crippen molar-refractivity contribution in [3.63, 3.8) is 0 Å². The van der Waals surface area contributed by atoms with Crippen LogP contribution in [0.5, 0.6) is 0 Å². The van der Waals surface area contributed by atoms with Gasteiger partial charge in [-0.15, -0.1) is 0 Å². The summed E-state index contributed by atoms with van der Waals surface area (Å²) in [5.74, 6) is 0.523. The monoisotopic (exact) mass is 248 g/mol. The van der Waals surface area contributed by atoms with Gasteiger partial charge in [-0.3, -0.25) is 0 Å². The Morgan fingerprint density at radius 1 is 1.39 bits per heavy atom. The predicted octanol–water partition coefficient (Wildman–Crippen LogP) is 1.96. The fraction of sp³-hybridized carbons (Fsp3) is 0.385. The van der Waals surface area contributed by atoms with E-state index in [2.05, 4.69) is 29.2 Å². The molecule has 1 aromatic heterocycles. The zero-order valence-corrected chi connectivity index (χ0v) is 10.6. The quantitative estimate of drug-likeness (QED) is 0.879. The standard InChI is InChI=1S/C13H17FN4/c1-10(2)15-7-13-16-9-18(17-13)8-11-4-3-5-12(14)6-11/h3-6,9-10,15H,7-8H2,1-2H3. The van der Waals surface area contributed by atoms with Crippen molar-refractivity contribution in [2.24, 2.45) is 0 Å². The zero-order chi connectivity index (χ0) is 13.0. The first-order valence-corrected chi connectivity index (χ1v) is 5.99. The van der Waals surface area contributed by atoms with E-state index in [-0.39, 0.29) is 5.82 Å². The van der Waals surface area contributed by atoms with Gasteiger partial charge in [0.2, 0.25) is 0 Å². The number of rotatable bonds is 5. The minimum Gasteiger partial charge on any atom is -0.308 e. The van der Waals surface area contributed by atoms with Gasteiger partial charge < -0.3 is 5.32 Å². The molecule has 2 rings (SSSR count). The second-order valence-electron chi connectivity index (χ2n) is 4.52. The highest BCUT2D eigenvalue weighted by Gasteiger charge is 2.03. The summed E-state index contributed by atoms with van der Waals surface area (Å²) in [6.07, 6.45) is 1.67. The third-order valence-electron chi connectivity index (χ3n) is 2.49. The predicted molar refractivity (Wildman–Crippen MR) is 67.5 cm³/mol. The van der Waals surface area contributed by atoms with Crippen molar-refractivity contribution >= 4 is 0 Å². The van der Waals surface area contributed by atoms with Gasteiger partial charge in [-0.25, -0.2) is 14.1 Å². The Labute approximate surface area is 106 Å². The first-order valence-electron chi connectivity index (χ1n) is 5.99. The lowest BCUT2D eigenvalue weighted by Gasteiger charge is -2.04. The van der Waals surface area contributed by atoms with Crippen molar-refractivity contribution in [2.75, 3.05) is 0 Å². The summed E-state index contributed by atoms with van der Waals surface area (Å²) < 4.78 is 14.7. The topological polar surface area (TPSA) is 42.7 Å². The molecule has 5 heteroatoms. The molecule has 96 valence electrons. The summed E-state index contributed by atoms with van der Waals surface area (Å²) in [5.41, 5.74) is 0.878. The first kappa shape index (κ1) is 12.7. The molecule has 0 aliphatic heterocycles. The molecule has 0 spiro atoms. The zero-order valence-electron chi connectivity index (χ0n) is 10.6. The van der Waals surface area contributed by atoms with E-state index >= 15 is 0 Å². The van der Waals surface area contributed by atoms with E-state index in [1.807, 2.05) is 6.07 Å². The normalized spacial score (nSPS) is 11.1. The van der Waals surface area contributed by atoms with Crippen LogP contribution < -0.4 is 5.32 Å². The van der Waals surface area contributed by atoms with E-state index < -0.39 is 0 Å². The number of hydrogen-bond acceptors (Lipinski definition) is 3. The van der Waals surface area contributed by atoms with Gasteiger partial charge in [0.25, 0.3) is 0 Å². The average Bonchev–Trinajstić information content (AvgIpc) is 2.74. The summed E-state index contributed by atoms with van der Waals surface area (Å²) in [6.45, 7) is 5.33. The second-order valence-corrected chi connectivity index (χ2v) is 4.52. The molecule has 0 saturated heterocycles. The molecular formula is C13H17FN4. The number of halogens is 1. The second kappa shape index (κ2) is 5.73. The molecule has 0 aliphatic rings. The molecule has 1 heterocycles. The van der Waals surface area contributed by atoms with Crippen LogP contribution in [0.1, 0.15) is 25.2 Å². The Balaban J connectivity index is 1.98. The van der Waals surface area contributed by atoms with Crippen molar-refractivity contribution in [1.29, 1.82) is 0 Å². The molecule has 4 nitrogen and oxygen atoms in total. The van der Waals surface area contributed by atoms with Gasteiger partial charge in [-0.2, -0.15) is 5.10 Å². The Kier molecular flexibility index (Phi) is 4.04. The smallest absolute Gasteiger partial charge is 0.164 e. The van der Waals surface area contributed by atoms with Crippen LogP contribution in [-0.2, 0) is 13.1 Å². The van der Waals surface area contributed by atoms with Gasteiger partial charge in [0.15, 0.2) is 5.82 Å². The summed E-state index contributed by atoms with van der Waals surface area (Å²) in [4.78, 5) is 4.20. The van der Waals surface area contributed by atoms with Gasteiger partial charge in [0, 0.05) is 6.04 Å². The maximum Gasteiger partial charge on any atom is 0.164 e. The number of hydrogen-bond donors (Lipinski definition) is 1. The van der Waals surface area contributed by atoms with Gasteiger partial charge in [-0.05, 0) is 17.7 Å². The van der Waals surface area contributed by atoms with Crippen LogP contribution in [-0.4, -0.2) is 20.8 Å². The van der Waals surface area contributed by atoms with Crippen LogP contribution >= 0.6 is 0 Å². The van der Waals surface area contributed by atoms with E-state index in [0.29, 0.717) is 19.1 Å². The van der Waals surface area contributed by atoms with Crippen LogP contribution in [0.15, 0.2) is 30.6 Å². The molecule has 0 bridgehead atoms. The summed E-state index contributed by atoms with van der Waals surface area (Å²) in [5, 5.41) is 7.58. The third-order valence-corrected chi connectivity index (χ3v) is 2.49. The summed E-state index contributed by atoms with van der Waals surface area (Å²) in [7, 11) is 0. The molecule has 0 fully saturated rings. The Morgan fingerprint density at radius 2 is 2.22 bits per heavy atom. The van der Waals surface area contributed by atoms with Crippen molar-refractivity contribution in [3.8, 4) is 0 Å². The highest BCUT2D eigenvalue weighted by Crippen LogP contribution is 2.05. The molecule has 0 amide bonds. The Hall–Kier alpha value is -1.75. The third kappa shape index (κ3) is 3.63. The highest BCUT2D eigenvalue weighted by atomic mass is 19.1. The number of benzene rings is 1. The molecule has 0 aliphatic carbocycles. The maximum atomic E-state index is 13.0. The lowest BCUT2D eigenvalue weighted by atomic mass is 10.2. The van der Waals surface area contributed by atoms with Crippen LogP contribution in [0.4, 0.5) is 4.39 Å². The fourth-order valence-corrected chi connectivity index (χ4v) is 1.61. The molecule has 2 aromatic rings. The van der Waals surface area contributed by atoms with Crippen molar-refractivity contribution in [2.45, 2.75) is 33.0 Å². The number of aromatic nitrogens is 3. The Morgan fingerprint density at radius 3 is 2.94 bits per heavy atom. The lowest BCUT2D eigenvalue weighted by molar-refractivity contribution is 0.564. The minimum absolute atomic E-state index is 0.227. The molecule has 0 radical (unpaired) electrons.